The van der Waals surface area contributed by atoms with Gasteiger partial charge in [0.15, 0.2) is 5.17 Å². The molecule has 1 saturated heterocycles. The summed E-state index contributed by atoms with van der Waals surface area (Å²) in [5, 5.41) is 2.95. The largest absolute Gasteiger partial charge is 0.492 e. The second kappa shape index (κ2) is 8.93. The number of benzene rings is 2. The van der Waals surface area contributed by atoms with Crippen molar-refractivity contribution >= 4 is 40.1 Å². The fourth-order valence-electron chi connectivity index (χ4n) is 2.75. The van der Waals surface area contributed by atoms with E-state index >= 15 is 0 Å². The van der Waals surface area contributed by atoms with Crippen LogP contribution in [0.4, 0.5) is 11.4 Å². The van der Waals surface area contributed by atoms with Gasteiger partial charge in [0.2, 0.25) is 11.8 Å². The number of aryl methyl sites for hydroxylation is 1. The third-order valence-electron chi connectivity index (χ3n) is 4.23. The molecule has 2 aromatic carbocycles. The second-order valence-electron chi connectivity index (χ2n) is 6.42. The van der Waals surface area contributed by atoms with Crippen LogP contribution in [0, 0.1) is 6.92 Å². The zero-order valence-electron chi connectivity index (χ0n) is 16.1. The summed E-state index contributed by atoms with van der Waals surface area (Å²) in [6.45, 7) is 4.40. The van der Waals surface area contributed by atoms with Gasteiger partial charge in [0.05, 0.1) is 18.0 Å². The lowest BCUT2D eigenvalue weighted by Gasteiger charge is -2.12. The van der Waals surface area contributed by atoms with E-state index in [1.165, 1.54) is 16.7 Å². The number of para-hydroxylation sites is 2. The minimum atomic E-state index is -0.492. The SMILES string of the molecule is CCOc1ccccc1NC(=O)C[C@H]1SC(=Nc2ccc(C)cc2)N(C)C1=O. The number of hydrogen-bond donors (Lipinski definition) is 1. The van der Waals surface area contributed by atoms with E-state index in [1.807, 2.05) is 50.2 Å². The maximum atomic E-state index is 12.5. The van der Waals surface area contributed by atoms with Crippen molar-refractivity contribution in [1.29, 1.82) is 0 Å². The van der Waals surface area contributed by atoms with Crippen molar-refractivity contribution < 1.29 is 14.3 Å². The number of rotatable bonds is 6. The number of aliphatic imine (C=N–C) groups is 1. The van der Waals surface area contributed by atoms with E-state index in [2.05, 4.69) is 10.3 Å². The van der Waals surface area contributed by atoms with E-state index in [9.17, 15) is 9.59 Å². The molecule has 28 heavy (non-hydrogen) atoms. The molecule has 1 fully saturated rings. The molecule has 1 N–H and O–H groups in total. The summed E-state index contributed by atoms with van der Waals surface area (Å²) in [7, 11) is 1.69. The molecule has 0 saturated carbocycles. The predicted molar refractivity (Wildman–Crippen MR) is 113 cm³/mol. The Balaban J connectivity index is 1.67. The summed E-state index contributed by atoms with van der Waals surface area (Å²) in [6, 6.07) is 15.0. The molecular formula is C21H23N3O3S. The van der Waals surface area contributed by atoms with Gasteiger partial charge in [-0.3, -0.25) is 14.5 Å². The third kappa shape index (κ3) is 4.72. The monoisotopic (exact) mass is 397 g/mol. The quantitative estimate of drug-likeness (QED) is 0.800. The Morgan fingerprint density at radius 1 is 1.21 bits per heavy atom. The van der Waals surface area contributed by atoms with Crippen molar-refractivity contribution in [3.05, 3.63) is 54.1 Å². The van der Waals surface area contributed by atoms with Crippen molar-refractivity contribution in [1.82, 2.24) is 4.90 Å². The van der Waals surface area contributed by atoms with Crippen LogP contribution in [0.1, 0.15) is 18.9 Å². The summed E-state index contributed by atoms with van der Waals surface area (Å²) in [6.07, 6.45) is 0.0707. The van der Waals surface area contributed by atoms with Gasteiger partial charge in [-0.15, -0.1) is 0 Å². The fourth-order valence-corrected chi connectivity index (χ4v) is 3.90. The van der Waals surface area contributed by atoms with Crippen LogP contribution in [0.3, 0.4) is 0 Å². The predicted octanol–water partition coefficient (Wildman–Crippen LogP) is 3.98. The lowest BCUT2D eigenvalue weighted by atomic mass is 10.2. The Morgan fingerprint density at radius 3 is 2.64 bits per heavy atom. The normalized spacial score (nSPS) is 17.8. The number of amidine groups is 1. The first kappa shape index (κ1) is 19.9. The molecule has 146 valence electrons. The Kier molecular flexibility index (Phi) is 6.36. The van der Waals surface area contributed by atoms with Crippen LogP contribution in [0.5, 0.6) is 5.75 Å². The molecule has 1 aliphatic heterocycles. The van der Waals surface area contributed by atoms with Gasteiger partial charge in [-0.05, 0) is 38.1 Å². The number of thioether (sulfide) groups is 1. The van der Waals surface area contributed by atoms with Crippen LogP contribution in [-0.4, -0.2) is 40.8 Å². The molecule has 1 heterocycles. The van der Waals surface area contributed by atoms with Crippen LogP contribution in [-0.2, 0) is 9.59 Å². The van der Waals surface area contributed by atoms with Gasteiger partial charge < -0.3 is 10.1 Å². The van der Waals surface area contributed by atoms with Crippen LogP contribution in [0.25, 0.3) is 0 Å². The van der Waals surface area contributed by atoms with Crippen LogP contribution in [0.2, 0.25) is 0 Å². The molecule has 0 bridgehead atoms. The average Bonchev–Trinajstić information content (AvgIpc) is 2.93. The summed E-state index contributed by atoms with van der Waals surface area (Å²) in [4.78, 5) is 31.1. The highest BCUT2D eigenvalue weighted by atomic mass is 32.2. The van der Waals surface area contributed by atoms with Crippen molar-refractivity contribution in [3.63, 3.8) is 0 Å². The van der Waals surface area contributed by atoms with Crippen molar-refractivity contribution in [2.45, 2.75) is 25.5 Å². The van der Waals surface area contributed by atoms with Crippen LogP contribution in [0.15, 0.2) is 53.5 Å². The Labute approximate surface area is 169 Å². The molecule has 3 rings (SSSR count). The molecule has 1 aliphatic rings. The van der Waals surface area contributed by atoms with E-state index in [0.29, 0.717) is 23.2 Å². The molecular weight excluding hydrogens is 374 g/mol. The summed E-state index contributed by atoms with van der Waals surface area (Å²) in [5.74, 6) is 0.259. The van der Waals surface area contributed by atoms with Gasteiger partial charge >= 0.3 is 0 Å². The van der Waals surface area contributed by atoms with E-state index in [1.54, 1.807) is 19.2 Å². The number of nitrogens with zero attached hydrogens (tertiary/aromatic N) is 2. The van der Waals surface area contributed by atoms with Crippen molar-refractivity contribution in [2.75, 3.05) is 19.0 Å². The molecule has 1 atom stereocenters. The second-order valence-corrected chi connectivity index (χ2v) is 7.59. The molecule has 7 heteroatoms. The van der Waals surface area contributed by atoms with E-state index in [-0.39, 0.29) is 18.2 Å². The molecule has 0 aromatic heterocycles. The van der Waals surface area contributed by atoms with Gasteiger partial charge in [-0.25, -0.2) is 4.99 Å². The number of amides is 2. The van der Waals surface area contributed by atoms with Gasteiger partial charge in [-0.1, -0.05) is 41.6 Å². The number of hydrogen-bond acceptors (Lipinski definition) is 5. The molecule has 6 nitrogen and oxygen atoms in total. The summed E-state index contributed by atoms with van der Waals surface area (Å²) in [5.41, 5.74) is 2.53. The van der Waals surface area contributed by atoms with Crippen LogP contribution >= 0.6 is 11.8 Å². The van der Waals surface area contributed by atoms with Gasteiger partial charge in [0.25, 0.3) is 0 Å². The maximum absolute atomic E-state index is 12.5. The fraction of sp³-hybridized carbons (Fsp3) is 0.286. The molecule has 0 unspecified atom stereocenters. The summed E-state index contributed by atoms with van der Waals surface area (Å²) >= 11 is 1.31. The van der Waals surface area contributed by atoms with E-state index in [4.69, 9.17) is 4.74 Å². The molecule has 2 aromatic rings. The van der Waals surface area contributed by atoms with Crippen LogP contribution < -0.4 is 10.1 Å². The minimum absolute atomic E-state index is 0.0707. The number of carbonyl (C=O) groups is 2. The highest BCUT2D eigenvalue weighted by Crippen LogP contribution is 2.31. The number of nitrogens with one attached hydrogen (secondary N) is 1. The van der Waals surface area contributed by atoms with Crippen molar-refractivity contribution in [2.24, 2.45) is 4.99 Å². The first-order valence-corrected chi connectivity index (χ1v) is 9.97. The van der Waals surface area contributed by atoms with E-state index < -0.39 is 5.25 Å². The zero-order valence-corrected chi connectivity index (χ0v) is 17.0. The van der Waals surface area contributed by atoms with Gasteiger partial charge in [0.1, 0.15) is 11.0 Å². The number of ether oxygens (including phenoxy) is 1. The third-order valence-corrected chi connectivity index (χ3v) is 5.46. The highest BCUT2D eigenvalue weighted by molar-refractivity contribution is 8.15. The Morgan fingerprint density at radius 2 is 1.93 bits per heavy atom. The molecule has 0 aliphatic carbocycles. The highest BCUT2D eigenvalue weighted by Gasteiger charge is 2.37. The topological polar surface area (TPSA) is 71.0 Å². The lowest BCUT2D eigenvalue weighted by Crippen LogP contribution is -2.30. The maximum Gasteiger partial charge on any atom is 0.242 e. The van der Waals surface area contributed by atoms with Gasteiger partial charge in [0, 0.05) is 13.5 Å². The Bertz CT molecular complexity index is 896. The molecule has 0 radical (unpaired) electrons. The van der Waals surface area contributed by atoms with Crippen molar-refractivity contribution in [3.8, 4) is 5.75 Å². The van der Waals surface area contributed by atoms with Gasteiger partial charge in [-0.2, -0.15) is 0 Å². The first-order valence-electron chi connectivity index (χ1n) is 9.09. The minimum Gasteiger partial charge on any atom is -0.492 e. The number of anilines is 1. The number of carbonyl (C=O) groups excluding carboxylic acids is 2. The lowest BCUT2D eigenvalue weighted by molar-refractivity contribution is -0.127. The Hall–Kier alpha value is -2.80. The van der Waals surface area contributed by atoms with E-state index in [0.717, 1.165) is 11.3 Å². The smallest absolute Gasteiger partial charge is 0.242 e. The standard InChI is InChI=1S/C21H23N3O3S/c1-4-27-17-8-6-5-7-16(17)23-19(25)13-18-20(26)24(3)21(28-18)22-15-11-9-14(2)10-12-15/h5-12,18H,4,13H2,1-3H3,(H,23,25)/t18-/m1/s1. The summed E-state index contributed by atoms with van der Waals surface area (Å²) < 4.78 is 5.52. The molecule has 0 spiro atoms. The average molecular weight is 398 g/mol. The molecule has 2 amide bonds. The first-order chi connectivity index (χ1) is 13.5. The zero-order chi connectivity index (χ0) is 20.1.